The van der Waals surface area contributed by atoms with Crippen molar-refractivity contribution in [3.8, 4) is 0 Å². The Labute approximate surface area is 180 Å². The summed E-state index contributed by atoms with van der Waals surface area (Å²) >= 11 is 0. The van der Waals surface area contributed by atoms with Gasteiger partial charge in [0.25, 0.3) is 11.8 Å². The first-order valence-corrected chi connectivity index (χ1v) is 9.80. The fourth-order valence-electron chi connectivity index (χ4n) is 2.73. The largest absolute Gasteiger partial charge is 0.459 e. The van der Waals surface area contributed by atoms with Gasteiger partial charge in [0.15, 0.2) is 5.76 Å². The Kier molecular flexibility index (Phi) is 7.05. The molecule has 0 fully saturated rings. The van der Waals surface area contributed by atoms with Gasteiger partial charge >= 0.3 is 6.03 Å². The van der Waals surface area contributed by atoms with Gasteiger partial charge in [-0.05, 0) is 67.9 Å². The minimum absolute atomic E-state index is 0.0517. The van der Waals surface area contributed by atoms with Crippen molar-refractivity contribution < 1.29 is 18.8 Å². The van der Waals surface area contributed by atoms with E-state index in [2.05, 4.69) is 21.3 Å². The highest BCUT2D eigenvalue weighted by Crippen LogP contribution is 2.13. The number of anilines is 2. The minimum Gasteiger partial charge on any atom is -0.459 e. The molecule has 0 spiro atoms. The predicted molar refractivity (Wildman–Crippen MR) is 118 cm³/mol. The summed E-state index contributed by atoms with van der Waals surface area (Å²) in [4.78, 5) is 36.1. The summed E-state index contributed by atoms with van der Waals surface area (Å²) < 4.78 is 5.04. The maximum Gasteiger partial charge on any atom is 0.319 e. The highest BCUT2D eigenvalue weighted by Gasteiger charge is 2.10. The van der Waals surface area contributed by atoms with Crippen LogP contribution in [0, 0.1) is 0 Å². The molecule has 0 atom stereocenters. The van der Waals surface area contributed by atoms with Gasteiger partial charge in [0.2, 0.25) is 0 Å². The lowest BCUT2D eigenvalue weighted by Crippen LogP contribution is -2.34. The zero-order valence-electron chi connectivity index (χ0n) is 17.3. The van der Waals surface area contributed by atoms with Crippen LogP contribution in [-0.4, -0.2) is 23.9 Å². The van der Waals surface area contributed by atoms with E-state index in [0.29, 0.717) is 23.5 Å². The standard InChI is InChI=1S/C23H24N4O4/c1-15(2)25-23(30)27-19-9-5-16(6-10-19)14-24-21(28)17-7-11-18(12-8-17)26-22(29)20-4-3-13-31-20/h3-13,15H,14H2,1-2H3,(H,24,28)(H,26,29)(H2,25,27,30). The average molecular weight is 420 g/mol. The Bertz CT molecular complexity index is 1030. The molecule has 0 radical (unpaired) electrons. The summed E-state index contributed by atoms with van der Waals surface area (Å²) in [7, 11) is 0. The molecule has 0 aliphatic rings. The number of amides is 4. The van der Waals surface area contributed by atoms with Crippen LogP contribution >= 0.6 is 0 Å². The second-order valence-corrected chi connectivity index (χ2v) is 7.14. The second-order valence-electron chi connectivity index (χ2n) is 7.14. The van der Waals surface area contributed by atoms with Crippen molar-refractivity contribution >= 4 is 29.2 Å². The van der Waals surface area contributed by atoms with Gasteiger partial charge in [-0.3, -0.25) is 9.59 Å². The van der Waals surface area contributed by atoms with Gasteiger partial charge < -0.3 is 25.7 Å². The van der Waals surface area contributed by atoms with Crippen LogP contribution < -0.4 is 21.3 Å². The lowest BCUT2D eigenvalue weighted by atomic mass is 10.1. The first-order chi connectivity index (χ1) is 14.9. The first kappa shape index (κ1) is 21.6. The SMILES string of the molecule is CC(C)NC(=O)Nc1ccc(CNC(=O)c2ccc(NC(=O)c3ccco3)cc2)cc1. The lowest BCUT2D eigenvalue weighted by molar-refractivity contribution is 0.0950. The number of benzene rings is 2. The summed E-state index contributed by atoms with van der Waals surface area (Å²) in [5.41, 5.74) is 2.59. The van der Waals surface area contributed by atoms with Gasteiger partial charge in [-0.15, -0.1) is 0 Å². The molecule has 0 bridgehead atoms. The van der Waals surface area contributed by atoms with Gasteiger partial charge in [-0.25, -0.2) is 4.79 Å². The van der Waals surface area contributed by atoms with E-state index >= 15 is 0 Å². The van der Waals surface area contributed by atoms with E-state index in [1.54, 1.807) is 48.5 Å². The molecule has 8 heteroatoms. The van der Waals surface area contributed by atoms with Crippen LogP contribution in [0.25, 0.3) is 0 Å². The van der Waals surface area contributed by atoms with Crippen LogP contribution in [0.15, 0.2) is 71.3 Å². The molecule has 4 amide bonds. The fraction of sp³-hybridized carbons (Fsp3) is 0.174. The lowest BCUT2D eigenvalue weighted by Gasteiger charge is -2.11. The van der Waals surface area contributed by atoms with Crippen molar-refractivity contribution in [3.63, 3.8) is 0 Å². The molecule has 1 heterocycles. The summed E-state index contributed by atoms with van der Waals surface area (Å²) in [6.45, 7) is 4.11. The maximum atomic E-state index is 12.4. The summed E-state index contributed by atoms with van der Waals surface area (Å²) in [6.07, 6.45) is 1.43. The van der Waals surface area contributed by atoms with Gasteiger partial charge in [0.1, 0.15) is 0 Å². The summed E-state index contributed by atoms with van der Waals surface area (Å²) in [5.74, 6) is -0.382. The van der Waals surface area contributed by atoms with Crippen LogP contribution in [0.4, 0.5) is 16.2 Å². The number of hydrogen-bond acceptors (Lipinski definition) is 4. The van der Waals surface area contributed by atoms with Crippen molar-refractivity contribution in [3.05, 3.63) is 83.8 Å². The Morgan fingerprint density at radius 3 is 2.10 bits per heavy atom. The van der Waals surface area contributed by atoms with E-state index in [9.17, 15) is 14.4 Å². The van der Waals surface area contributed by atoms with Crippen LogP contribution in [0.2, 0.25) is 0 Å². The molecule has 31 heavy (non-hydrogen) atoms. The van der Waals surface area contributed by atoms with E-state index in [1.807, 2.05) is 26.0 Å². The number of furan rings is 1. The van der Waals surface area contributed by atoms with Gasteiger partial charge in [-0.2, -0.15) is 0 Å². The molecule has 160 valence electrons. The van der Waals surface area contributed by atoms with E-state index in [1.165, 1.54) is 6.26 Å². The summed E-state index contributed by atoms with van der Waals surface area (Å²) in [5, 5.41) is 11.0. The number of carbonyl (C=O) groups is 3. The van der Waals surface area contributed by atoms with Crippen molar-refractivity contribution in [2.45, 2.75) is 26.4 Å². The maximum absolute atomic E-state index is 12.4. The normalized spacial score (nSPS) is 10.4. The molecule has 0 aliphatic heterocycles. The van der Waals surface area contributed by atoms with E-state index in [0.717, 1.165) is 5.56 Å². The molecule has 3 aromatic rings. The topological polar surface area (TPSA) is 112 Å². The van der Waals surface area contributed by atoms with Crippen LogP contribution in [0.3, 0.4) is 0 Å². The number of nitrogens with one attached hydrogen (secondary N) is 4. The molecule has 1 aromatic heterocycles. The first-order valence-electron chi connectivity index (χ1n) is 9.80. The highest BCUT2D eigenvalue weighted by atomic mass is 16.3. The molecular weight excluding hydrogens is 396 g/mol. The van der Waals surface area contributed by atoms with E-state index in [-0.39, 0.29) is 29.6 Å². The van der Waals surface area contributed by atoms with Gasteiger partial charge in [-0.1, -0.05) is 12.1 Å². The molecule has 8 nitrogen and oxygen atoms in total. The van der Waals surface area contributed by atoms with E-state index in [4.69, 9.17) is 4.42 Å². The molecule has 3 rings (SSSR count). The quantitative estimate of drug-likeness (QED) is 0.463. The minimum atomic E-state index is -0.359. The zero-order valence-corrected chi connectivity index (χ0v) is 17.3. The predicted octanol–water partition coefficient (Wildman–Crippen LogP) is 3.99. The monoisotopic (exact) mass is 420 g/mol. The fourth-order valence-corrected chi connectivity index (χ4v) is 2.73. The number of urea groups is 1. The third-order valence-electron chi connectivity index (χ3n) is 4.23. The number of hydrogen-bond donors (Lipinski definition) is 4. The van der Waals surface area contributed by atoms with E-state index < -0.39 is 0 Å². The highest BCUT2D eigenvalue weighted by molar-refractivity contribution is 6.02. The van der Waals surface area contributed by atoms with Crippen LogP contribution in [0.5, 0.6) is 0 Å². The zero-order chi connectivity index (χ0) is 22.2. The Hall–Kier alpha value is -4.07. The Morgan fingerprint density at radius 2 is 1.48 bits per heavy atom. The van der Waals surface area contributed by atoms with Gasteiger partial charge in [0.05, 0.1) is 6.26 Å². The number of rotatable bonds is 7. The van der Waals surface area contributed by atoms with Crippen molar-refractivity contribution in [1.82, 2.24) is 10.6 Å². The molecule has 4 N–H and O–H groups in total. The Morgan fingerprint density at radius 1 is 0.839 bits per heavy atom. The van der Waals surface area contributed by atoms with Crippen molar-refractivity contribution in [1.29, 1.82) is 0 Å². The van der Waals surface area contributed by atoms with Crippen molar-refractivity contribution in [2.75, 3.05) is 10.6 Å². The van der Waals surface area contributed by atoms with Gasteiger partial charge in [0, 0.05) is 29.5 Å². The smallest absolute Gasteiger partial charge is 0.319 e. The third kappa shape index (κ3) is 6.46. The Balaban J connectivity index is 1.49. The molecule has 2 aromatic carbocycles. The van der Waals surface area contributed by atoms with Crippen LogP contribution in [0.1, 0.15) is 40.3 Å². The molecule has 0 saturated carbocycles. The molecule has 0 unspecified atom stereocenters. The van der Waals surface area contributed by atoms with Crippen LogP contribution in [-0.2, 0) is 6.54 Å². The third-order valence-corrected chi connectivity index (χ3v) is 4.23. The van der Waals surface area contributed by atoms with Crippen molar-refractivity contribution in [2.24, 2.45) is 0 Å². The second kappa shape index (κ2) is 10.1. The molecule has 0 saturated heterocycles. The number of carbonyl (C=O) groups excluding carboxylic acids is 3. The molecule has 0 aliphatic carbocycles. The average Bonchev–Trinajstić information content (AvgIpc) is 3.28. The molecular formula is C23H24N4O4. The summed E-state index contributed by atoms with van der Waals surface area (Å²) in [6, 6.07) is 16.8.